The quantitative estimate of drug-likeness (QED) is 0.543. The maximum atomic E-state index is 12.2. The summed E-state index contributed by atoms with van der Waals surface area (Å²) >= 11 is 0. The van der Waals surface area contributed by atoms with Crippen LogP contribution in [0.4, 0.5) is 0 Å². The summed E-state index contributed by atoms with van der Waals surface area (Å²) in [6.07, 6.45) is 3.62. The van der Waals surface area contributed by atoms with E-state index in [2.05, 4.69) is 15.0 Å². The van der Waals surface area contributed by atoms with E-state index in [1.165, 1.54) is 0 Å². The van der Waals surface area contributed by atoms with Gasteiger partial charge >= 0.3 is 0 Å². The number of nitrogens with zero attached hydrogens (tertiary/aromatic N) is 1. The Morgan fingerprint density at radius 1 is 1.04 bits per heavy atom. The number of aromatic nitrogens is 3. The summed E-state index contributed by atoms with van der Waals surface area (Å²) in [6.45, 7) is 0.416. The van der Waals surface area contributed by atoms with Crippen molar-refractivity contribution in [3.8, 4) is 22.4 Å². The molecule has 3 heterocycles. The fourth-order valence-corrected chi connectivity index (χ4v) is 3.00. The summed E-state index contributed by atoms with van der Waals surface area (Å²) in [5.41, 5.74) is 11.0. The second-order valence-electron chi connectivity index (χ2n) is 5.61. The maximum Gasteiger partial charge on any atom is 0.249 e. The molecule has 0 aliphatic rings. The van der Waals surface area contributed by atoms with Crippen LogP contribution in [-0.2, 0) is 6.54 Å². The summed E-state index contributed by atoms with van der Waals surface area (Å²) in [5.74, 6) is 0. The first-order chi connectivity index (χ1) is 11.8. The van der Waals surface area contributed by atoms with Crippen LogP contribution in [0, 0.1) is 0 Å². The van der Waals surface area contributed by atoms with Crippen molar-refractivity contribution in [1.29, 1.82) is 0 Å². The van der Waals surface area contributed by atoms with Gasteiger partial charge in [-0.05, 0) is 29.3 Å². The van der Waals surface area contributed by atoms with Crippen molar-refractivity contribution in [3.63, 3.8) is 0 Å². The van der Waals surface area contributed by atoms with Crippen LogP contribution in [0.15, 0.2) is 65.7 Å². The Hall–Kier alpha value is -3.18. The Balaban J connectivity index is 1.93. The molecule has 4 rings (SSSR count). The monoisotopic (exact) mass is 316 g/mol. The molecule has 0 atom stereocenters. The molecule has 0 spiro atoms. The summed E-state index contributed by atoms with van der Waals surface area (Å²) in [6, 6.07) is 15.3. The van der Waals surface area contributed by atoms with E-state index >= 15 is 0 Å². The lowest BCUT2D eigenvalue weighted by atomic mass is 10.0. The summed E-state index contributed by atoms with van der Waals surface area (Å²) in [4.78, 5) is 22.6. The number of aromatic amines is 2. The second kappa shape index (κ2) is 5.79. The second-order valence-corrected chi connectivity index (χ2v) is 5.61. The molecule has 0 unspecified atom stereocenters. The van der Waals surface area contributed by atoms with Crippen molar-refractivity contribution < 1.29 is 0 Å². The molecule has 0 aliphatic carbocycles. The van der Waals surface area contributed by atoms with Crippen LogP contribution >= 0.6 is 0 Å². The molecule has 24 heavy (non-hydrogen) atoms. The first kappa shape index (κ1) is 14.4. The standard InChI is InChI=1S/C19H16N4O/c20-10-12-4-1-2-5-14(12)17-8-13(9-18(24)23-17)16-11-22-19-15(16)6-3-7-21-19/h1-9,11H,10,20H2,(H,21,22)(H,23,24). The van der Waals surface area contributed by atoms with Gasteiger partial charge in [0.15, 0.2) is 0 Å². The van der Waals surface area contributed by atoms with Crippen molar-refractivity contribution in [2.75, 3.05) is 0 Å². The molecule has 118 valence electrons. The number of hydrogen-bond donors (Lipinski definition) is 3. The van der Waals surface area contributed by atoms with Crippen LogP contribution in [-0.4, -0.2) is 15.0 Å². The zero-order chi connectivity index (χ0) is 16.5. The van der Waals surface area contributed by atoms with E-state index in [0.717, 1.165) is 39.0 Å². The van der Waals surface area contributed by atoms with Crippen LogP contribution in [0.25, 0.3) is 33.4 Å². The minimum Gasteiger partial charge on any atom is -0.346 e. The Bertz CT molecular complexity index is 1080. The molecule has 3 aromatic heterocycles. The first-order valence-corrected chi connectivity index (χ1v) is 7.71. The van der Waals surface area contributed by atoms with E-state index < -0.39 is 0 Å². The van der Waals surface area contributed by atoms with Gasteiger partial charge in [-0.1, -0.05) is 24.3 Å². The number of fused-ring (bicyclic) bond motifs is 1. The largest absolute Gasteiger partial charge is 0.346 e. The van der Waals surface area contributed by atoms with E-state index in [4.69, 9.17) is 5.73 Å². The highest BCUT2D eigenvalue weighted by Gasteiger charge is 2.11. The molecule has 0 saturated heterocycles. The van der Waals surface area contributed by atoms with Gasteiger partial charge < -0.3 is 15.7 Å². The summed E-state index contributed by atoms with van der Waals surface area (Å²) in [7, 11) is 0. The average molecular weight is 316 g/mol. The lowest BCUT2D eigenvalue weighted by Gasteiger charge is -2.09. The van der Waals surface area contributed by atoms with Gasteiger partial charge in [-0.2, -0.15) is 0 Å². The third kappa shape index (κ3) is 2.41. The molecule has 1 aromatic carbocycles. The molecule has 4 aromatic rings. The molecule has 5 heteroatoms. The average Bonchev–Trinajstić information content (AvgIpc) is 3.05. The molecular weight excluding hydrogens is 300 g/mol. The summed E-state index contributed by atoms with van der Waals surface area (Å²) < 4.78 is 0. The highest BCUT2D eigenvalue weighted by Crippen LogP contribution is 2.29. The van der Waals surface area contributed by atoms with Gasteiger partial charge in [0.2, 0.25) is 5.56 Å². The fraction of sp³-hybridized carbons (Fsp3) is 0.0526. The number of nitrogens with two attached hydrogens (primary N) is 1. The van der Waals surface area contributed by atoms with Gasteiger partial charge in [0.25, 0.3) is 0 Å². The highest BCUT2D eigenvalue weighted by atomic mass is 16.1. The molecule has 0 saturated carbocycles. The van der Waals surface area contributed by atoms with Crippen molar-refractivity contribution in [3.05, 3.63) is 76.8 Å². The Morgan fingerprint density at radius 2 is 1.92 bits per heavy atom. The molecule has 0 bridgehead atoms. The third-order valence-corrected chi connectivity index (χ3v) is 4.13. The third-order valence-electron chi connectivity index (χ3n) is 4.13. The van der Waals surface area contributed by atoms with Gasteiger partial charge in [0, 0.05) is 47.2 Å². The first-order valence-electron chi connectivity index (χ1n) is 7.71. The smallest absolute Gasteiger partial charge is 0.249 e. The Kier molecular flexibility index (Phi) is 3.48. The minimum absolute atomic E-state index is 0.146. The Morgan fingerprint density at radius 3 is 2.79 bits per heavy atom. The van der Waals surface area contributed by atoms with E-state index in [1.54, 1.807) is 12.3 Å². The fourth-order valence-electron chi connectivity index (χ4n) is 3.00. The van der Waals surface area contributed by atoms with Gasteiger partial charge in [-0.15, -0.1) is 0 Å². The number of H-pyrrole nitrogens is 2. The predicted octanol–water partition coefficient (Wildman–Crippen LogP) is 3.04. The van der Waals surface area contributed by atoms with Gasteiger partial charge in [0.05, 0.1) is 0 Å². The van der Waals surface area contributed by atoms with Crippen LogP contribution in [0.1, 0.15) is 5.56 Å². The number of hydrogen-bond acceptors (Lipinski definition) is 3. The number of benzene rings is 1. The van der Waals surface area contributed by atoms with Gasteiger partial charge in [-0.3, -0.25) is 4.79 Å². The zero-order valence-electron chi connectivity index (χ0n) is 12.9. The number of nitrogens with one attached hydrogen (secondary N) is 2. The molecule has 0 fully saturated rings. The van der Waals surface area contributed by atoms with E-state index in [-0.39, 0.29) is 5.56 Å². The lowest BCUT2D eigenvalue weighted by molar-refractivity contribution is 1.07. The van der Waals surface area contributed by atoms with Crippen molar-refractivity contribution in [2.45, 2.75) is 6.54 Å². The van der Waals surface area contributed by atoms with Gasteiger partial charge in [0.1, 0.15) is 5.65 Å². The maximum absolute atomic E-state index is 12.2. The molecule has 0 radical (unpaired) electrons. The van der Waals surface area contributed by atoms with Crippen LogP contribution in [0.5, 0.6) is 0 Å². The molecule has 4 N–H and O–H groups in total. The van der Waals surface area contributed by atoms with Crippen LogP contribution in [0.2, 0.25) is 0 Å². The van der Waals surface area contributed by atoms with E-state index in [1.807, 2.05) is 48.7 Å². The number of pyridine rings is 2. The summed E-state index contributed by atoms with van der Waals surface area (Å²) in [5, 5.41) is 0.987. The molecular formula is C19H16N4O. The zero-order valence-corrected chi connectivity index (χ0v) is 12.9. The highest BCUT2D eigenvalue weighted by molar-refractivity contribution is 5.94. The topological polar surface area (TPSA) is 87.6 Å². The van der Waals surface area contributed by atoms with Crippen LogP contribution in [0.3, 0.4) is 0 Å². The van der Waals surface area contributed by atoms with E-state index in [0.29, 0.717) is 6.54 Å². The SMILES string of the molecule is NCc1ccccc1-c1cc(-c2c[nH]c3ncccc23)cc(=O)[nH]1. The molecule has 5 nitrogen and oxygen atoms in total. The normalized spacial score (nSPS) is 11.0. The van der Waals surface area contributed by atoms with Crippen molar-refractivity contribution >= 4 is 11.0 Å². The van der Waals surface area contributed by atoms with Crippen LogP contribution < -0.4 is 11.3 Å². The predicted molar refractivity (Wildman–Crippen MR) is 95.5 cm³/mol. The van der Waals surface area contributed by atoms with Gasteiger partial charge in [-0.25, -0.2) is 4.98 Å². The van der Waals surface area contributed by atoms with Crippen molar-refractivity contribution in [2.24, 2.45) is 5.73 Å². The lowest BCUT2D eigenvalue weighted by Crippen LogP contribution is -2.07. The molecule has 0 aliphatic heterocycles. The molecule has 0 amide bonds. The van der Waals surface area contributed by atoms with Crippen molar-refractivity contribution in [1.82, 2.24) is 15.0 Å². The minimum atomic E-state index is -0.146. The Labute approximate surface area is 138 Å². The van der Waals surface area contributed by atoms with E-state index in [9.17, 15) is 4.79 Å². The number of rotatable bonds is 3.